The molecule has 54 valence electrons. The molecule has 0 N–H and O–H groups in total. The molecule has 10 heavy (non-hydrogen) atoms. The zero-order valence-corrected chi connectivity index (χ0v) is 6.46. The predicted molar refractivity (Wildman–Crippen MR) is 41.2 cm³/mol. The summed E-state index contributed by atoms with van der Waals surface area (Å²) in [5.74, 6) is 2.52. The number of hydrogen-bond acceptors (Lipinski definition) is 2. The molecule has 2 nitrogen and oxygen atoms in total. The van der Waals surface area contributed by atoms with Crippen molar-refractivity contribution in [2.45, 2.75) is 19.4 Å². The highest BCUT2D eigenvalue weighted by molar-refractivity contribution is 4.90. The minimum Gasteiger partial charge on any atom is -0.292 e. The van der Waals surface area contributed by atoms with Gasteiger partial charge in [0.05, 0.1) is 19.0 Å². The van der Waals surface area contributed by atoms with Gasteiger partial charge in [0.2, 0.25) is 0 Å². The van der Waals surface area contributed by atoms with Crippen molar-refractivity contribution in [3.8, 4) is 18.4 Å². The fraction of sp³-hybridized carbons (Fsp3) is 0.625. The first-order valence-electron chi connectivity index (χ1n) is 3.23. The van der Waals surface area contributed by atoms with Gasteiger partial charge in [0.25, 0.3) is 0 Å². The van der Waals surface area contributed by atoms with Gasteiger partial charge in [-0.05, 0) is 14.0 Å². The van der Waals surface area contributed by atoms with Crippen LogP contribution in [0.2, 0.25) is 0 Å². The van der Waals surface area contributed by atoms with Crippen molar-refractivity contribution in [1.29, 1.82) is 5.26 Å². The summed E-state index contributed by atoms with van der Waals surface area (Å²) in [6.45, 7) is 2.60. The second-order valence-electron chi connectivity index (χ2n) is 2.33. The molecule has 0 aliphatic rings. The van der Waals surface area contributed by atoms with Crippen LogP contribution in [0.15, 0.2) is 0 Å². The highest BCUT2D eigenvalue weighted by atomic mass is 15.1. The van der Waals surface area contributed by atoms with E-state index in [1.165, 1.54) is 0 Å². The van der Waals surface area contributed by atoms with Crippen LogP contribution in [0.3, 0.4) is 0 Å². The average Bonchev–Trinajstić information content (AvgIpc) is 1.89. The molecule has 0 amide bonds. The lowest BCUT2D eigenvalue weighted by molar-refractivity contribution is 0.292. The van der Waals surface area contributed by atoms with E-state index in [1.54, 1.807) is 0 Å². The number of hydrogen-bond donors (Lipinski definition) is 0. The Morgan fingerprint density at radius 2 is 2.30 bits per heavy atom. The Bertz CT molecular complexity index is 141. The Hall–Kier alpha value is -0.990. The third kappa shape index (κ3) is 3.12. The smallest absolute Gasteiger partial charge is 0.0638 e. The van der Waals surface area contributed by atoms with E-state index in [0.29, 0.717) is 13.0 Å². The van der Waals surface area contributed by atoms with E-state index in [2.05, 4.69) is 12.0 Å². The first kappa shape index (κ1) is 9.01. The van der Waals surface area contributed by atoms with Crippen LogP contribution in [0.5, 0.6) is 0 Å². The quantitative estimate of drug-likeness (QED) is 0.538. The van der Waals surface area contributed by atoms with Crippen molar-refractivity contribution in [3.05, 3.63) is 0 Å². The van der Waals surface area contributed by atoms with Crippen LogP contribution in [0.4, 0.5) is 0 Å². The molecule has 0 aliphatic heterocycles. The number of nitrogens with zero attached hydrogens (tertiary/aromatic N) is 2. The minimum absolute atomic E-state index is 0.265. The average molecular weight is 136 g/mol. The topological polar surface area (TPSA) is 27.0 Å². The van der Waals surface area contributed by atoms with Gasteiger partial charge in [0, 0.05) is 6.04 Å². The van der Waals surface area contributed by atoms with Gasteiger partial charge in [-0.2, -0.15) is 5.26 Å². The largest absolute Gasteiger partial charge is 0.292 e. The van der Waals surface area contributed by atoms with Crippen molar-refractivity contribution in [1.82, 2.24) is 4.90 Å². The standard InChI is InChI=1S/C8H12N2/c1-4-7-10(3)8(2)5-6-9/h1,8H,5,7H2,2-3H3. The lowest BCUT2D eigenvalue weighted by atomic mass is 10.2. The van der Waals surface area contributed by atoms with E-state index in [9.17, 15) is 0 Å². The molecule has 0 radical (unpaired) electrons. The molecule has 1 unspecified atom stereocenters. The maximum atomic E-state index is 8.33. The summed E-state index contributed by atoms with van der Waals surface area (Å²) in [6.07, 6.45) is 5.63. The lowest BCUT2D eigenvalue weighted by Gasteiger charge is -2.18. The van der Waals surface area contributed by atoms with Crippen molar-refractivity contribution in [3.63, 3.8) is 0 Å². The Morgan fingerprint density at radius 3 is 2.70 bits per heavy atom. The van der Waals surface area contributed by atoms with Crippen LogP contribution in [0, 0.1) is 23.7 Å². The summed E-state index contributed by atoms with van der Waals surface area (Å²) in [7, 11) is 1.92. The van der Waals surface area contributed by atoms with Crippen LogP contribution >= 0.6 is 0 Å². The molecular formula is C8H12N2. The van der Waals surface area contributed by atoms with Gasteiger partial charge in [-0.1, -0.05) is 5.92 Å². The fourth-order valence-electron chi connectivity index (χ4n) is 0.588. The summed E-state index contributed by atoms with van der Waals surface area (Å²) in [4.78, 5) is 1.98. The maximum absolute atomic E-state index is 8.33. The summed E-state index contributed by atoms with van der Waals surface area (Å²) in [5, 5.41) is 8.33. The zero-order valence-electron chi connectivity index (χ0n) is 6.46. The molecule has 0 bridgehead atoms. The van der Waals surface area contributed by atoms with Crippen LogP contribution in [-0.2, 0) is 0 Å². The van der Waals surface area contributed by atoms with Crippen molar-refractivity contribution < 1.29 is 0 Å². The first-order valence-corrected chi connectivity index (χ1v) is 3.23. The van der Waals surface area contributed by atoms with Gasteiger partial charge in [0.1, 0.15) is 0 Å². The molecule has 0 aromatic rings. The van der Waals surface area contributed by atoms with Crippen LogP contribution in [-0.4, -0.2) is 24.5 Å². The zero-order chi connectivity index (χ0) is 7.98. The van der Waals surface area contributed by atoms with Gasteiger partial charge in [-0.3, -0.25) is 4.90 Å². The SMILES string of the molecule is C#CCN(C)C(C)CC#N. The van der Waals surface area contributed by atoms with Gasteiger partial charge >= 0.3 is 0 Å². The molecule has 0 spiro atoms. The molecule has 0 rings (SSSR count). The van der Waals surface area contributed by atoms with E-state index in [1.807, 2.05) is 18.9 Å². The maximum Gasteiger partial charge on any atom is 0.0638 e. The van der Waals surface area contributed by atoms with Crippen molar-refractivity contribution in [2.24, 2.45) is 0 Å². The molecule has 0 saturated carbocycles. The molecule has 2 heteroatoms. The van der Waals surface area contributed by atoms with Gasteiger partial charge in [-0.25, -0.2) is 0 Å². The minimum atomic E-state index is 0.265. The molecule has 0 heterocycles. The summed E-state index contributed by atoms with van der Waals surface area (Å²) >= 11 is 0. The van der Waals surface area contributed by atoms with Gasteiger partial charge in [0.15, 0.2) is 0 Å². The number of terminal acetylenes is 1. The number of nitriles is 1. The third-order valence-corrected chi connectivity index (χ3v) is 1.48. The first-order chi connectivity index (χ1) is 4.72. The fourth-order valence-corrected chi connectivity index (χ4v) is 0.588. The highest BCUT2D eigenvalue weighted by Crippen LogP contribution is 1.97. The van der Waals surface area contributed by atoms with Crippen molar-refractivity contribution in [2.75, 3.05) is 13.6 Å². The van der Waals surface area contributed by atoms with Crippen LogP contribution in [0.25, 0.3) is 0 Å². The monoisotopic (exact) mass is 136 g/mol. The Balaban J connectivity index is 3.63. The van der Waals surface area contributed by atoms with E-state index < -0.39 is 0 Å². The van der Waals surface area contributed by atoms with Gasteiger partial charge < -0.3 is 0 Å². The van der Waals surface area contributed by atoms with Gasteiger partial charge in [-0.15, -0.1) is 6.42 Å². The molecular weight excluding hydrogens is 124 g/mol. The molecule has 0 aliphatic carbocycles. The number of rotatable bonds is 3. The Kier molecular flexibility index (Phi) is 4.37. The lowest BCUT2D eigenvalue weighted by Crippen LogP contribution is -2.28. The van der Waals surface area contributed by atoms with Crippen LogP contribution < -0.4 is 0 Å². The van der Waals surface area contributed by atoms with E-state index in [4.69, 9.17) is 11.7 Å². The molecule has 0 fully saturated rings. The Labute approximate surface area is 62.4 Å². The summed E-state index contributed by atoms with van der Waals surface area (Å²) < 4.78 is 0. The summed E-state index contributed by atoms with van der Waals surface area (Å²) in [5.41, 5.74) is 0. The van der Waals surface area contributed by atoms with Crippen LogP contribution in [0.1, 0.15) is 13.3 Å². The molecule has 0 aromatic carbocycles. The van der Waals surface area contributed by atoms with Crippen molar-refractivity contribution >= 4 is 0 Å². The second-order valence-corrected chi connectivity index (χ2v) is 2.33. The third-order valence-electron chi connectivity index (χ3n) is 1.48. The molecule has 1 atom stereocenters. The Morgan fingerprint density at radius 1 is 1.70 bits per heavy atom. The van der Waals surface area contributed by atoms with E-state index >= 15 is 0 Å². The molecule has 0 saturated heterocycles. The molecule has 0 aromatic heterocycles. The highest BCUT2D eigenvalue weighted by Gasteiger charge is 2.05. The second kappa shape index (κ2) is 4.85. The van der Waals surface area contributed by atoms with E-state index in [-0.39, 0.29) is 6.04 Å². The predicted octanol–water partition coefficient (Wildman–Crippen LogP) is 0.854. The normalized spacial score (nSPS) is 12.1. The van der Waals surface area contributed by atoms with E-state index in [0.717, 1.165) is 0 Å². The summed E-state index contributed by atoms with van der Waals surface area (Å²) in [6, 6.07) is 2.36.